The Labute approximate surface area is 79.2 Å². The first kappa shape index (κ1) is 8.70. The number of hydrogen-bond donors (Lipinski definition) is 2. The summed E-state index contributed by atoms with van der Waals surface area (Å²) in [5, 5.41) is 0. The zero-order valence-electron chi connectivity index (χ0n) is 7.85. The fourth-order valence-corrected chi connectivity index (χ4v) is 1.35. The quantitative estimate of drug-likeness (QED) is 0.446. The van der Waals surface area contributed by atoms with E-state index in [2.05, 4.69) is 15.4 Å². The molecule has 0 spiro atoms. The lowest BCUT2D eigenvalue weighted by molar-refractivity contribution is 0.840. The molecule has 0 saturated carbocycles. The summed E-state index contributed by atoms with van der Waals surface area (Å²) >= 11 is 0. The normalized spacial score (nSPS) is 10.8. The molecule has 7 nitrogen and oxygen atoms in total. The largest absolute Gasteiger partial charge is 0.351 e. The van der Waals surface area contributed by atoms with Crippen LogP contribution in [0, 0.1) is 0 Å². The Morgan fingerprint density at radius 2 is 2.21 bits per heavy atom. The Kier molecular flexibility index (Phi) is 1.74. The van der Waals surface area contributed by atoms with E-state index in [0.717, 1.165) is 0 Å². The van der Waals surface area contributed by atoms with Gasteiger partial charge in [-0.25, -0.2) is 15.6 Å². The second-order valence-electron chi connectivity index (χ2n) is 2.97. The molecule has 0 unspecified atom stereocenters. The number of hydrazine groups is 1. The predicted octanol–water partition coefficient (Wildman–Crippen LogP) is -1.05. The van der Waals surface area contributed by atoms with Crippen molar-refractivity contribution >= 4 is 17.0 Å². The van der Waals surface area contributed by atoms with Crippen LogP contribution in [-0.2, 0) is 14.1 Å². The van der Waals surface area contributed by atoms with Crippen LogP contribution in [0.2, 0.25) is 0 Å². The highest BCUT2D eigenvalue weighted by Gasteiger charge is 2.11. The van der Waals surface area contributed by atoms with Crippen LogP contribution >= 0.6 is 0 Å². The van der Waals surface area contributed by atoms with Gasteiger partial charge in [-0.2, -0.15) is 4.98 Å². The molecule has 0 amide bonds. The molecule has 2 rings (SSSR count). The molecule has 0 aliphatic rings. The topological polar surface area (TPSA) is 90.8 Å². The molecule has 0 fully saturated rings. The maximum Gasteiger partial charge on any atom is 0.351 e. The average Bonchev–Trinajstić information content (AvgIpc) is 2.55. The number of anilines is 1. The van der Waals surface area contributed by atoms with E-state index >= 15 is 0 Å². The van der Waals surface area contributed by atoms with Crippen molar-refractivity contribution in [2.24, 2.45) is 19.9 Å². The van der Waals surface area contributed by atoms with E-state index in [1.54, 1.807) is 17.9 Å². The minimum Gasteiger partial charge on any atom is -0.329 e. The zero-order chi connectivity index (χ0) is 10.3. The molecule has 0 atom stereocenters. The third-order valence-electron chi connectivity index (χ3n) is 2.09. The molecule has 0 radical (unpaired) electrons. The number of imidazole rings is 1. The van der Waals surface area contributed by atoms with Gasteiger partial charge in [0.05, 0.1) is 6.33 Å². The van der Waals surface area contributed by atoms with Gasteiger partial charge in [0.15, 0.2) is 11.5 Å². The Hall–Kier alpha value is -1.89. The van der Waals surface area contributed by atoms with Crippen LogP contribution in [0.3, 0.4) is 0 Å². The molecule has 0 aliphatic heterocycles. The van der Waals surface area contributed by atoms with Crippen LogP contribution in [-0.4, -0.2) is 19.1 Å². The van der Waals surface area contributed by atoms with Gasteiger partial charge in [0, 0.05) is 14.1 Å². The van der Waals surface area contributed by atoms with Gasteiger partial charge >= 0.3 is 5.69 Å². The van der Waals surface area contributed by atoms with Crippen molar-refractivity contribution in [3.8, 4) is 0 Å². The third kappa shape index (κ3) is 0.990. The number of nitrogen functional groups attached to an aromatic ring is 1. The Balaban J connectivity index is 3.00. The van der Waals surface area contributed by atoms with Gasteiger partial charge < -0.3 is 9.99 Å². The molecule has 2 aromatic rings. The van der Waals surface area contributed by atoms with Crippen LogP contribution in [0.25, 0.3) is 11.2 Å². The van der Waals surface area contributed by atoms with Crippen LogP contribution in [0.1, 0.15) is 0 Å². The van der Waals surface area contributed by atoms with Crippen LogP contribution in [0.15, 0.2) is 11.1 Å². The van der Waals surface area contributed by atoms with Gasteiger partial charge in [-0.05, 0) is 0 Å². The minimum absolute atomic E-state index is 0.336. The molecule has 2 aromatic heterocycles. The summed E-state index contributed by atoms with van der Waals surface area (Å²) in [5.41, 5.74) is 3.25. The van der Waals surface area contributed by atoms with E-state index < -0.39 is 0 Å². The zero-order valence-corrected chi connectivity index (χ0v) is 7.85. The first-order valence-electron chi connectivity index (χ1n) is 4.00. The summed E-state index contributed by atoms with van der Waals surface area (Å²) in [5.74, 6) is 5.60. The number of aromatic nitrogens is 4. The van der Waals surface area contributed by atoms with Crippen molar-refractivity contribution in [3.05, 3.63) is 16.8 Å². The molecule has 0 bridgehead atoms. The van der Waals surface area contributed by atoms with Crippen molar-refractivity contribution in [1.82, 2.24) is 19.1 Å². The molecule has 0 saturated heterocycles. The monoisotopic (exact) mass is 194 g/mol. The smallest absolute Gasteiger partial charge is 0.329 e. The van der Waals surface area contributed by atoms with Crippen molar-refractivity contribution in [2.75, 3.05) is 5.43 Å². The Morgan fingerprint density at radius 3 is 2.86 bits per heavy atom. The Morgan fingerprint density at radius 1 is 1.50 bits per heavy atom. The summed E-state index contributed by atoms with van der Waals surface area (Å²) in [7, 11) is 3.42. The first-order chi connectivity index (χ1) is 6.65. The third-order valence-corrected chi connectivity index (χ3v) is 2.09. The summed E-state index contributed by atoms with van der Waals surface area (Å²) in [6.07, 6.45) is 1.60. The molecule has 2 heterocycles. The van der Waals surface area contributed by atoms with Gasteiger partial charge in [0.25, 0.3) is 0 Å². The van der Waals surface area contributed by atoms with Crippen LogP contribution in [0.5, 0.6) is 0 Å². The number of rotatable bonds is 1. The maximum absolute atomic E-state index is 11.3. The molecule has 0 aliphatic carbocycles. The average molecular weight is 194 g/mol. The lowest BCUT2D eigenvalue weighted by Gasteiger charge is -2.04. The van der Waals surface area contributed by atoms with E-state index in [0.29, 0.717) is 17.0 Å². The fourth-order valence-electron chi connectivity index (χ4n) is 1.35. The summed E-state index contributed by atoms with van der Waals surface area (Å²) < 4.78 is 3.12. The predicted molar refractivity (Wildman–Crippen MR) is 51.6 cm³/mol. The van der Waals surface area contributed by atoms with E-state index in [4.69, 9.17) is 5.84 Å². The first-order valence-corrected chi connectivity index (χ1v) is 4.00. The summed E-state index contributed by atoms with van der Waals surface area (Å²) in [4.78, 5) is 19.2. The standard InChI is InChI=1S/C7H10N6O/c1-12-3-9-6-4(12)5(11-8)10-7(14)13(6)2/h3H,8H2,1-2H3,(H,10,11,14). The van der Waals surface area contributed by atoms with Gasteiger partial charge in [0.1, 0.15) is 5.52 Å². The number of nitrogens with one attached hydrogen (secondary N) is 1. The second kappa shape index (κ2) is 2.81. The number of fused-ring (bicyclic) bond motifs is 1. The number of aryl methyl sites for hydroxylation is 2. The van der Waals surface area contributed by atoms with Crippen molar-refractivity contribution in [2.45, 2.75) is 0 Å². The van der Waals surface area contributed by atoms with E-state index in [-0.39, 0.29) is 5.69 Å². The summed E-state index contributed by atoms with van der Waals surface area (Å²) in [6, 6.07) is 0. The highest BCUT2D eigenvalue weighted by atomic mass is 16.1. The van der Waals surface area contributed by atoms with Crippen LogP contribution in [0.4, 0.5) is 5.82 Å². The van der Waals surface area contributed by atoms with Gasteiger partial charge in [-0.1, -0.05) is 0 Å². The molecule has 74 valence electrons. The van der Waals surface area contributed by atoms with Gasteiger partial charge in [-0.15, -0.1) is 0 Å². The lowest BCUT2D eigenvalue weighted by Crippen LogP contribution is -2.24. The van der Waals surface area contributed by atoms with Crippen molar-refractivity contribution < 1.29 is 0 Å². The SMILES string of the molecule is Cn1cnc2c1c(NN)nc(=O)n2C. The van der Waals surface area contributed by atoms with Crippen LogP contribution < -0.4 is 17.0 Å². The second-order valence-corrected chi connectivity index (χ2v) is 2.97. The fraction of sp³-hybridized carbons (Fsp3) is 0.286. The van der Waals surface area contributed by atoms with E-state index in [1.807, 2.05) is 7.05 Å². The van der Waals surface area contributed by atoms with E-state index in [9.17, 15) is 4.79 Å². The Bertz CT molecular complexity index is 539. The summed E-state index contributed by atoms with van der Waals surface area (Å²) in [6.45, 7) is 0. The molecule has 14 heavy (non-hydrogen) atoms. The lowest BCUT2D eigenvalue weighted by atomic mass is 10.5. The molecular weight excluding hydrogens is 184 g/mol. The number of nitrogens with two attached hydrogens (primary N) is 1. The molecule has 7 heteroatoms. The highest BCUT2D eigenvalue weighted by Crippen LogP contribution is 2.15. The molecular formula is C7H10N6O. The van der Waals surface area contributed by atoms with Crippen molar-refractivity contribution in [1.29, 1.82) is 0 Å². The number of nitrogens with zero attached hydrogens (tertiary/aromatic N) is 4. The van der Waals surface area contributed by atoms with Gasteiger partial charge in [-0.3, -0.25) is 4.57 Å². The highest BCUT2D eigenvalue weighted by molar-refractivity contribution is 5.82. The van der Waals surface area contributed by atoms with E-state index in [1.165, 1.54) is 4.57 Å². The van der Waals surface area contributed by atoms with Gasteiger partial charge in [0.2, 0.25) is 0 Å². The minimum atomic E-state index is -0.385. The number of hydrogen-bond acceptors (Lipinski definition) is 5. The maximum atomic E-state index is 11.3. The molecule has 0 aromatic carbocycles. The molecule has 3 N–H and O–H groups in total. The van der Waals surface area contributed by atoms with Crippen molar-refractivity contribution in [3.63, 3.8) is 0 Å².